The number of nitriles is 1. The zero-order chi connectivity index (χ0) is 54.1. The van der Waals surface area contributed by atoms with E-state index in [1.54, 1.807) is 31.3 Å². The number of nitrogens with zero attached hydrogens (tertiary/aromatic N) is 5. The second kappa shape index (κ2) is 31.5. The second-order valence-corrected chi connectivity index (χ2v) is 24.8. The number of aromatic nitrogens is 4. The van der Waals surface area contributed by atoms with Gasteiger partial charge in [-0.25, -0.2) is 9.97 Å². The van der Waals surface area contributed by atoms with Crippen LogP contribution in [0.5, 0.6) is 0 Å². The van der Waals surface area contributed by atoms with Crippen LogP contribution in [-0.2, 0) is 35.3 Å². The van der Waals surface area contributed by atoms with Crippen LogP contribution in [0, 0.1) is 98.7 Å². The molecule has 0 bridgehead atoms. The normalized spacial score (nSPS) is 38.5. The van der Waals surface area contributed by atoms with E-state index < -0.39 is 18.4 Å². The number of rotatable bonds is 10. The van der Waals surface area contributed by atoms with Gasteiger partial charge in [-0.3, -0.25) is 23.8 Å². The smallest absolute Gasteiger partial charge is 1.00 e. The predicted octanol–water partition coefficient (Wildman–Crippen LogP) is 4.72. The summed E-state index contributed by atoms with van der Waals surface area (Å²) in [5, 5.41) is 40.0. The number of hydrogen-bond acceptors (Lipinski definition) is 12. The summed E-state index contributed by atoms with van der Waals surface area (Å²) in [5.41, 5.74) is 0.0765. The number of Topliss-reactive ketones (excluding diaryl/α,β-unsaturated/α-hetero) is 2. The molecule has 16 atom stereocenters. The molecule has 0 saturated heterocycles. The molecular weight excluding hydrogens is 1100 g/mol. The number of H-pyrrole nitrogens is 1. The van der Waals surface area contributed by atoms with Gasteiger partial charge in [-0.15, -0.1) is 0 Å². The van der Waals surface area contributed by atoms with E-state index in [2.05, 4.69) is 68.3 Å². The maximum absolute atomic E-state index is 13.4. The summed E-state index contributed by atoms with van der Waals surface area (Å²) in [4.78, 5) is 50.6. The van der Waals surface area contributed by atoms with Gasteiger partial charge in [0.1, 0.15) is 11.9 Å². The fourth-order valence-corrected chi connectivity index (χ4v) is 18.1. The number of halogens is 2. The van der Waals surface area contributed by atoms with E-state index in [-0.39, 0.29) is 148 Å². The zero-order valence-corrected chi connectivity index (χ0v) is 54.0. The molecule has 10 rings (SSSR count). The Balaban J connectivity index is 0.000000610. The first kappa shape index (κ1) is 71.0. The molecule has 8 aliphatic rings. The van der Waals surface area contributed by atoms with Crippen LogP contribution >= 0.6 is 15.9 Å². The molecule has 424 valence electrons. The van der Waals surface area contributed by atoms with Gasteiger partial charge < -0.3 is 40.7 Å². The van der Waals surface area contributed by atoms with Crippen LogP contribution in [0.1, 0.15) is 167 Å². The summed E-state index contributed by atoms with van der Waals surface area (Å²) in [6, 6.07) is 2.05. The molecule has 0 aliphatic heterocycles. The third kappa shape index (κ3) is 15.5. The van der Waals surface area contributed by atoms with Gasteiger partial charge >= 0.3 is 103 Å². The topological polar surface area (TPSA) is 217 Å². The Morgan fingerprint density at radius 3 is 1.68 bits per heavy atom. The number of methoxy groups -OCH3 is 2. The van der Waals surface area contributed by atoms with Crippen molar-refractivity contribution in [2.45, 2.75) is 176 Å². The van der Waals surface area contributed by atoms with E-state index in [9.17, 15) is 24.2 Å². The molecule has 77 heavy (non-hydrogen) atoms. The molecular formula is C58H92BrFK2N6O9. The SMILES string of the molecule is C.C.COC[C@@]1(O)CC[C@@]2(C)[C@@H](CC[C@@H]3[C@@H]2CC[C@]2(C)[C@@H](C(=O)CBr)CC[C@@H]32)C1.COC[C@@]1(O)CC[C@@]2(C)[C@@H](CC[C@@H]3[C@@H]2CC[C@]2(C)[C@@H](C(=O)Cn4cnc(C#N)c4)CC[C@@H]32)C1.O=CO[O-].[2H]CF.[C-]#[N+]c1cnc[nH]1.[H-].[K+].[K+]. The van der Waals surface area contributed by atoms with Crippen LogP contribution in [0.2, 0.25) is 0 Å². The minimum Gasteiger partial charge on any atom is -1.00 e. The summed E-state index contributed by atoms with van der Waals surface area (Å²) in [5.74, 6) is 7.13. The Morgan fingerprint density at radius 1 is 0.857 bits per heavy atom. The van der Waals surface area contributed by atoms with Crippen molar-refractivity contribution in [3.05, 3.63) is 42.2 Å². The Morgan fingerprint density at radius 2 is 1.31 bits per heavy atom. The number of ketones is 2. The van der Waals surface area contributed by atoms with E-state index in [1.807, 2.05) is 6.07 Å². The number of hydrogen-bond donors (Lipinski definition) is 3. The number of carbonyl (C=O) groups is 3. The van der Waals surface area contributed by atoms with Crippen LogP contribution in [-0.4, -0.2) is 98.9 Å². The van der Waals surface area contributed by atoms with Gasteiger partial charge in [-0.2, -0.15) is 5.26 Å². The average Bonchev–Trinajstić information content (AvgIpc) is 4.21. The van der Waals surface area contributed by atoms with Gasteiger partial charge in [0.15, 0.2) is 17.8 Å². The molecule has 8 aliphatic carbocycles. The number of ether oxygens (including phenoxy) is 2. The molecule has 0 unspecified atom stereocenters. The monoisotopic (exact) mass is 1190 g/mol. The van der Waals surface area contributed by atoms with Crippen LogP contribution in [0.25, 0.3) is 4.85 Å². The molecule has 0 amide bonds. The number of carbonyl (C=O) groups excluding carboxylic acids is 3. The van der Waals surface area contributed by atoms with Crippen molar-refractivity contribution in [1.29, 1.82) is 5.26 Å². The van der Waals surface area contributed by atoms with Crippen LogP contribution in [0.3, 0.4) is 0 Å². The van der Waals surface area contributed by atoms with Crippen molar-refractivity contribution in [2.75, 3.05) is 39.9 Å². The minimum atomic E-state index is -1.00. The number of nitrogens with one attached hydrogen (secondary N) is 1. The van der Waals surface area contributed by atoms with E-state index in [1.165, 1.54) is 63.9 Å². The summed E-state index contributed by atoms with van der Waals surface area (Å²) >= 11 is 3.43. The Kier molecular flexibility index (Phi) is 29.1. The number of aliphatic hydroxyl groups is 2. The minimum absolute atomic E-state index is 0. The van der Waals surface area contributed by atoms with E-state index in [0.29, 0.717) is 88.6 Å². The molecule has 3 N–H and O–H groups in total. The third-order valence-corrected chi connectivity index (χ3v) is 21.7. The summed E-state index contributed by atoms with van der Waals surface area (Å²) in [7, 11) is 2.40. The predicted molar refractivity (Wildman–Crippen MR) is 288 cm³/mol. The number of alkyl halides is 2. The van der Waals surface area contributed by atoms with Crippen molar-refractivity contribution >= 4 is 39.8 Å². The van der Waals surface area contributed by atoms with E-state index in [4.69, 9.17) is 32.7 Å². The van der Waals surface area contributed by atoms with Gasteiger partial charge in [0, 0.05) is 32.3 Å². The third-order valence-electron chi connectivity index (χ3n) is 21.1. The summed E-state index contributed by atoms with van der Waals surface area (Å²) in [6.07, 6.45) is 26.3. The van der Waals surface area contributed by atoms with Crippen molar-refractivity contribution < 1.29 is 154 Å². The van der Waals surface area contributed by atoms with Crippen molar-refractivity contribution in [1.82, 2.24) is 19.5 Å². The molecule has 2 heterocycles. The number of aromatic amines is 1. The van der Waals surface area contributed by atoms with Gasteiger partial charge in [0.05, 0.1) is 57.3 Å². The van der Waals surface area contributed by atoms with Crippen molar-refractivity contribution in [2.24, 2.45) is 80.8 Å². The van der Waals surface area contributed by atoms with Crippen LogP contribution < -0.4 is 108 Å². The molecule has 8 saturated carbocycles. The molecule has 15 nitrogen and oxygen atoms in total. The van der Waals surface area contributed by atoms with Gasteiger partial charge in [-0.1, -0.05) is 65.1 Å². The van der Waals surface area contributed by atoms with E-state index in [0.717, 1.165) is 82.0 Å². The standard InChI is InChI=1S/C27H39N3O3.C23H37BrO3.C4H3N3.CH3F.CH2O3.2CH4.2K.H/c1-25-10-11-27(32,16-33-3)12-18(25)4-5-20-21-6-7-23(26(21,2)9-8-22(20)25)24(31)15-30-14-19(13-28)29-17-30;1-21-10-11-23(26,14-27-3)12-15(21)4-5-16-17-6-7-19(20(25)13-24)22(17,2)9-8-18(16)21;1-5-4-2-6-3-7-4;1-2;2-1-4-3;;;;;/h14,17-18,20-23,32H,4-12,15-16H2,1-3H3;15-19,26H,4-14H2,1-3H3;2-3H,(H,6,7);1H3;1,3H;2*1H4;;;/q;;;;;;;2*+1;-1/p-1/t18-,20-,21-,22-,23+,25-,26-,27+;15-,16-,17-,18-,19+,21-,22-,23+;;;;;;;;/m00......../s1/i;;;1D;;;;;;. The molecule has 8 fully saturated rings. The molecule has 2 aromatic heterocycles. The summed E-state index contributed by atoms with van der Waals surface area (Å²) < 4.78 is 28.0. The number of imidazole rings is 2. The first-order chi connectivity index (χ1) is 35.3. The molecule has 0 radical (unpaired) electrons. The number of fused-ring (bicyclic) bond motifs is 10. The fraction of sp³-hybridized carbons (Fsp3) is 0.810. The van der Waals surface area contributed by atoms with Crippen LogP contribution in [0.4, 0.5) is 10.2 Å². The first-order valence-corrected chi connectivity index (χ1v) is 27.8. The first-order valence-electron chi connectivity index (χ1n) is 27.4. The van der Waals surface area contributed by atoms with Crippen molar-refractivity contribution in [3.8, 4) is 6.07 Å². The van der Waals surface area contributed by atoms with E-state index >= 15 is 0 Å². The Bertz CT molecular complexity index is 2280. The average molecular weight is 1200 g/mol. The van der Waals surface area contributed by atoms with Gasteiger partial charge in [0.2, 0.25) is 5.82 Å². The molecule has 19 heteroatoms. The summed E-state index contributed by atoms with van der Waals surface area (Å²) in [6.45, 7) is 17.3. The maximum atomic E-state index is 13.4. The molecule has 0 spiro atoms. The maximum Gasteiger partial charge on any atom is 1.00 e. The van der Waals surface area contributed by atoms with Crippen molar-refractivity contribution in [3.63, 3.8) is 0 Å². The fourth-order valence-electron chi connectivity index (χ4n) is 17.7. The van der Waals surface area contributed by atoms with Gasteiger partial charge in [0.25, 0.3) is 6.47 Å². The largest absolute Gasteiger partial charge is 1.00 e. The zero-order valence-electron chi connectivity index (χ0n) is 48.2. The molecule has 2 aromatic rings. The quantitative estimate of drug-likeness (QED) is 0.0736. The van der Waals surface area contributed by atoms with Gasteiger partial charge in [-0.05, 0) is 185 Å². The van der Waals surface area contributed by atoms with Crippen LogP contribution in [0.15, 0.2) is 25.0 Å². The Hall–Kier alpha value is -0.307. The second-order valence-electron chi connectivity index (χ2n) is 24.2. The molecule has 0 aromatic carbocycles. The Labute approximate surface area is 556 Å².